The number of nitrogen functional groups attached to an aromatic ring is 1. The number of aryl methyl sites for hydroxylation is 1. The largest absolute Gasteiger partial charge is 0.433 e. The first-order chi connectivity index (χ1) is 10.1. The van der Waals surface area contributed by atoms with Gasteiger partial charge in [-0.05, 0) is 11.6 Å². The van der Waals surface area contributed by atoms with Crippen molar-refractivity contribution in [2.45, 2.75) is 0 Å². The molecule has 0 bridgehead atoms. The quantitative estimate of drug-likeness (QED) is 0.588. The van der Waals surface area contributed by atoms with Gasteiger partial charge < -0.3 is 10.2 Å². The van der Waals surface area contributed by atoms with Gasteiger partial charge in [-0.2, -0.15) is 5.10 Å². The minimum atomic E-state index is -0.585. The molecule has 2 heterocycles. The molecule has 0 aliphatic heterocycles. The normalized spacial score (nSPS) is 10.7. The van der Waals surface area contributed by atoms with Crippen molar-refractivity contribution in [1.29, 1.82) is 0 Å². The molecule has 7 nitrogen and oxygen atoms in total. The third kappa shape index (κ3) is 2.14. The van der Waals surface area contributed by atoms with Crippen molar-refractivity contribution in [3.8, 4) is 22.6 Å². The summed E-state index contributed by atoms with van der Waals surface area (Å²) in [5, 5.41) is 15.0. The van der Waals surface area contributed by atoms with Gasteiger partial charge in [0.15, 0.2) is 5.76 Å². The Morgan fingerprint density at radius 3 is 2.57 bits per heavy atom. The highest BCUT2D eigenvalue weighted by atomic mass is 16.6. The maximum absolute atomic E-state index is 10.7. The van der Waals surface area contributed by atoms with E-state index in [0.29, 0.717) is 22.8 Å². The zero-order valence-electron chi connectivity index (χ0n) is 11.2. The molecule has 0 spiro atoms. The fourth-order valence-electron chi connectivity index (χ4n) is 2.15. The second-order valence-electron chi connectivity index (χ2n) is 4.49. The topological polar surface area (TPSA) is 100 Å². The van der Waals surface area contributed by atoms with E-state index in [2.05, 4.69) is 5.10 Å². The van der Waals surface area contributed by atoms with Gasteiger partial charge >= 0.3 is 5.88 Å². The number of nitro groups is 1. The summed E-state index contributed by atoms with van der Waals surface area (Å²) in [6.07, 6.45) is 0. The Morgan fingerprint density at radius 2 is 1.95 bits per heavy atom. The minimum Gasteiger partial charge on any atom is -0.399 e. The molecule has 3 rings (SSSR count). The maximum atomic E-state index is 10.7. The lowest BCUT2D eigenvalue weighted by molar-refractivity contribution is -0.401. The van der Waals surface area contributed by atoms with Gasteiger partial charge in [0.25, 0.3) is 0 Å². The number of furan rings is 1. The second kappa shape index (κ2) is 4.78. The number of hydrogen-bond acceptors (Lipinski definition) is 5. The molecule has 21 heavy (non-hydrogen) atoms. The predicted molar refractivity (Wildman–Crippen MR) is 77.4 cm³/mol. The number of nitrogens with two attached hydrogens (primary N) is 1. The Kier molecular flexibility index (Phi) is 2.94. The highest BCUT2D eigenvalue weighted by Gasteiger charge is 2.22. The predicted octanol–water partition coefficient (Wildman–Crippen LogP) is 2.84. The lowest BCUT2D eigenvalue weighted by Crippen LogP contribution is -1.97. The van der Waals surface area contributed by atoms with Crippen molar-refractivity contribution in [2.75, 3.05) is 5.73 Å². The van der Waals surface area contributed by atoms with Crippen molar-refractivity contribution in [2.24, 2.45) is 7.05 Å². The van der Waals surface area contributed by atoms with E-state index >= 15 is 0 Å². The van der Waals surface area contributed by atoms with Crippen LogP contribution in [-0.2, 0) is 7.05 Å². The van der Waals surface area contributed by atoms with Gasteiger partial charge in [-0.3, -0.25) is 14.8 Å². The first-order valence-corrected chi connectivity index (χ1v) is 6.20. The van der Waals surface area contributed by atoms with Crippen LogP contribution in [0.15, 0.2) is 46.9 Å². The lowest BCUT2D eigenvalue weighted by atomic mass is 10.0. The summed E-state index contributed by atoms with van der Waals surface area (Å²) < 4.78 is 6.75. The average Bonchev–Trinajstić information content (AvgIpc) is 3.06. The second-order valence-corrected chi connectivity index (χ2v) is 4.49. The Balaban J connectivity index is 2.19. The van der Waals surface area contributed by atoms with E-state index in [1.165, 1.54) is 16.8 Å². The molecule has 2 N–H and O–H groups in total. The third-order valence-electron chi connectivity index (χ3n) is 3.16. The van der Waals surface area contributed by atoms with Gasteiger partial charge in [0, 0.05) is 7.05 Å². The molecule has 2 aromatic heterocycles. The molecule has 0 radical (unpaired) electrons. The summed E-state index contributed by atoms with van der Waals surface area (Å²) in [5.74, 6) is 0.455. The molecule has 3 aromatic rings. The van der Waals surface area contributed by atoms with Crippen LogP contribution in [0.5, 0.6) is 0 Å². The van der Waals surface area contributed by atoms with Crippen LogP contribution in [-0.4, -0.2) is 14.7 Å². The molecule has 7 heteroatoms. The summed E-state index contributed by atoms with van der Waals surface area (Å²) in [5.41, 5.74) is 8.11. The van der Waals surface area contributed by atoms with Crippen molar-refractivity contribution < 1.29 is 9.34 Å². The van der Waals surface area contributed by atoms with Crippen LogP contribution in [0.4, 0.5) is 11.7 Å². The summed E-state index contributed by atoms with van der Waals surface area (Å²) in [4.78, 5) is 10.1. The van der Waals surface area contributed by atoms with Gasteiger partial charge in [0.05, 0.1) is 11.6 Å². The summed E-state index contributed by atoms with van der Waals surface area (Å²) in [6.45, 7) is 0. The molecule has 0 atom stereocenters. The SMILES string of the molecule is Cn1nc(-c2ccc([N+](=O)[O-])o2)c(-c2ccccc2)c1N. The van der Waals surface area contributed by atoms with Crippen molar-refractivity contribution in [3.05, 3.63) is 52.6 Å². The van der Waals surface area contributed by atoms with Crippen LogP contribution in [0.3, 0.4) is 0 Å². The Labute approximate surface area is 119 Å². The van der Waals surface area contributed by atoms with E-state index in [1.807, 2.05) is 30.3 Å². The molecule has 0 fully saturated rings. The molecule has 0 amide bonds. The first kappa shape index (κ1) is 12.9. The molecular weight excluding hydrogens is 272 g/mol. The van der Waals surface area contributed by atoms with E-state index in [9.17, 15) is 10.1 Å². The zero-order valence-corrected chi connectivity index (χ0v) is 11.2. The van der Waals surface area contributed by atoms with Gasteiger partial charge in [-0.15, -0.1) is 0 Å². The van der Waals surface area contributed by atoms with Gasteiger partial charge in [-0.1, -0.05) is 30.3 Å². The Bertz CT molecular complexity index is 805. The average molecular weight is 284 g/mol. The Morgan fingerprint density at radius 1 is 1.24 bits per heavy atom. The van der Waals surface area contributed by atoms with Gasteiger partial charge in [0.1, 0.15) is 16.4 Å². The van der Waals surface area contributed by atoms with E-state index in [-0.39, 0.29) is 5.88 Å². The standard InChI is InChI=1S/C14H12N4O3/c1-17-14(15)12(9-5-3-2-4-6-9)13(16-17)10-7-8-11(21-10)18(19)20/h2-8H,15H2,1H3. The van der Waals surface area contributed by atoms with Crippen LogP contribution in [0.25, 0.3) is 22.6 Å². The summed E-state index contributed by atoms with van der Waals surface area (Å²) >= 11 is 0. The van der Waals surface area contributed by atoms with E-state index in [0.717, 1.165) is 5.56 Å². The highest BCUT2D eigenvalue weighted by molar-refractivity contribution is 5.86. The fraction of sp³-hybridized carbons (Fsp3) is 0.0714. The van der Waals surface area contributed by atoms with Crippen LogP contribution in [0, 0.1) is 10.1 Å². The highest BCUT2D eigenvalue weighted by Crippen LogP contribution is 2.37. The molecular formula is C14H12N4O3. The number of rotatable bonds is 3. The third-order valence-corrected chi connectivity index (χ3v) is 3.16. The molecule has 0 saturated carbocycles. The molecule has 0 aliphatic carbocycles. The van der Waals surface area contributed by atoms with E-state index < -0.39 is 4.92 Å². The van der Waals surface area contributed by atoms with Crippen molar-refractivity contribution in [3.63, 3.8) is 0 Å². The minimum absolute atomic E-state index is 0.313. The van der Waals surface area contributed by atoms with Crippen molar-refractivity contribution in [1.82, 2.24) is 9.78 Å². The fourth-order valence-corrected chi connectivity index (χ4v) is 2.15. The van der Waals surface area contributed by atoms with Crippen LogP contribution < -0.4 is 5.73 Å². The maximum Gasteiger partial charge on any atom is 0.433 e. The van der Waals surface area contributed by atoms with Crippen molar-refractivity contribution >= 4 is 11.7 Å². The van der Waals surface area contributed by atoms with E-state index in [4.69, 9.17) is 10.2 Å². The first-order valence-electron chi connectivity index (χ1n) is 6.20. The Hall–Kier alpha value is -3.09. The molecule has 0 unspecified atom stereocenters. The van der Waals surface area contributed by atoms with E-state index in [1.54, 1.807) is 7.05 Å². The number of nitrogens with zero attached hydrogens (tertiary/aromatic N) is 3. The van der Waals surface area contributed by atoms with Crippen LogP contribution >= 0.6 is 0 Å². The van der Waals surface area contributed by atoms with Crippen LogP contribution in [0.2, 0.25) is 0 Å². The number of hydrogen-bond donors (Lipinski definition) is 1. The monoisotopic (exact) mass is 284 g/mol. The number of anilines is 1. The molecule has 1 aromatic carbocycles. The number of aromatic nitrogens is 2. The summed E-state index contributed by atoms with van der Waals surface area (Å²) in [6, 6.07) is 12.3. The van der Waals surface area contributed by atoms with Gasteiger partial charge in [-0.25, -0.2) is 0 Å². The zero-order chi connectivity index (χ0) is 15.0. The molecule has 0 saturated heterocycles. The number of benzene rings is 1. The molecule has 106 valence electrons. The smallest absolute Gasteiger partial charge is 0.399 e. The van der Waals surface area contributed by atoms with Gasteiger partial charge in [0.2, 0.25) is 0 Å². The summed E-state index contributed by atoms with van der Waals surface area (Å²) in [7, 11) is 1.71. The van der Waals surface area contributed by atoms with Crippen LogP contribution in [0.1, 0.15) is 0 Å². The lowest BCUT2D eigenvalue weighted by Gasteiger charge is -2.02. The molecule has 0 aliphatic rings.